The molecule has 14 heteroatoms. The van der Waals surface area contributed by atoms with Gasteiger partial charge >= 0.3 is 12.1 Å². The molecule has 0 bridgehead atoms. The number of hydrogen-bond donors (Lipinski definition) is 2. The van der Waals surface area contributed by atoms with Crippen LogP contribution >= 0.6 is 0 Å². The number of anilines is 2. The number of pyridine rings is 2. The molecule has 222 valence electrons. The summed E-state index contributed by atoms with van der Waals surface area (Å²) >= 11 is 0. The molecule has 1 aliphatic heterocycles. The van der Waals surface area contributed by atoms with Crippen LogP contribution in [0.3, 0.4) is 0 Å². The Hall–Kier alpha value is -3.78. The minimum atomic E-state index is -5.08. The van der Waals surface area contributed by atoms with Gasteiger partial charge in [-0.25, -0.2) is 23.2 Å². The van der Waals surface area contributed by atoms with E-state index in [9.17, 15) is 26.0 Å². The van der Waals surface area contributed by atoms with Gasteiger partial charge in [-0.15, -0.1) is 0 Å². The summed E-state index contributed by atoms with van der Waals surface area (Å²) in [6, 6.07) is 16.8. The Bertz CT molecular complexity index is 1430. The van der Waals surface area contributed by atoms with Gasteiger partial charge in [-0.05, 0) is 56.0 Å². The van der Waals surface area contributed by atoms with E-state index in [2.05, 4.69) is 55.7 Å². The summed E-state index contributed by atoms with van der Waals surface area (Å²) in [5.41, 5.74) is 2.09. The zero-order valence-electron chi connectivity index (χ0n) is 22.6. The van der Waals surface area contributed by atoms with Crippen LogP contribution in [0.4, 0.5) is 29.2 Å². The van der Waals surface area contributed by atoms with Crippen molar-refractivity contribution in [3.63, 3.8) is 0 Å². The molecule has 0 aliphatic carbocycles. The number of alkyl halides is 3. The monoisotopic (exact) mass is 597 g/mol. The van der Waals surface area contributed by atoms with Crippen molar-refractivity contribution < 1.29 is 35.9 Å². The summed E-state index contributed by atoms with van der Waals surface area (Å²) in [7, 11) is -1.92. The van der Waals surface area contributed by atoms with Crippen LogP contribution in [0.25, 0.3) is 0 Å². The number of aromatic nitrogens is 2. The predicted octanol–water partition coefficient (Wildman–Crippen LogP) is 5.02. The number of nitrogens with zero attached hydrogens (tertiary/aromatic N) is 4. The molecule has 2 aromatic heterocycles. The number of halogens is 4. The van der Waals surface area contributed by atoms with E-state index in [1.54, 1.807) is 6.07 Å². The van der Waals surface area contributed by atoms with Crippen LogP contribution in [-0.4, -0.2) is 66.7 Å². The van der Waals surface area contributed by atoms with E-state index in [-0.39, 0.29) is 10.7 Å². The second-order valence-corrected chi connectivity index (χ2v) is 11.2. The average molecular weight is 598 g/mol. The lowest BCUT2D eigenvalue weighted by Gasteiger charge is -2.40. The number of nitrogens with one attached hydrogen (secondary N) is 1. The summed E-state index contributed by atoms with van der Waals surface area (Å²) in [5, 5.41) is 7.12. The number of sulfonamides is 1. The van der Waals surface area contributed by atoms with Gasteiger partial charge in [0, 0.05) is 38.4 Å². The number of piperidine rings is 1. The van der Waals surface area contributed by atoms with Crippen molar-refractivity contribution in [2.75, 3.05) is 29.8 Å². The highest BCUT2D eigenvalue weighted by Gasteiger charge is 2.38. The molecule has 1 aromatic carbocycles. The van der Waals surface area contributed by atoms with Gasteiger partial charge in [0.05, 0.1) is 0 Å². The molecule has 3 heterocycles. The smallest absolute Gasteiger partial charge is 0.475 e. The Morgan fingerprint density at radius 3 is 2.27 bits per heavy atom. The highest BCUT2D eigenvalue weighted by Crippen LogP contribution is 2.29. The fourth-order valence-electron chi connectivity index (χ4n) is 4.50. The van der Waals surface area contributed by atoms with Crippen LogP contribution in [-0.2, 0) is 14.8 Å². The van der Waals surface area contributed by atoms with Crippen molar-refractivity contribution in [3.8, 4) is 0 Å². The minimum absolute atomic E-state index is 0.0136. The molecule has 3 aromatic rings. The lowest BCUT2D eigenvalue weighted by atomic mass is 9.99. The van der Waals surface area contributed by atoms with Gasteiger partial charge < -0.3 is 10.0 Å². The van der Waals surface area contributed by atoms with Crippen molar-refractivity contribution in [2.24, 2.45) is 0 Å². The van der Waals surface area contributed by atoms with Gasteiger partial charge in [-0.3, -0.25) is 9.62 Å². The van der Waals surface area contributed by atoms with Crippen LogP contribution in [0.5, 0.6) is 0 Å². The normalized spacial score (nSPS) is 15.4. The van der Waals surface area contributed by atoms with Crippen molar-refractivity contribution in [1.29, 1.82) is 0 Å². The van der Waals surface area contributed by atoms with Gasteiger partial charge in [0.2, 0.25) is 5.95 Å². The van der Waals surface area contributed by atoms with E-state index < -0.39 is 28.1 Å². The van der Waals surface area contributed by atoms with Crippen LogP contribution < -0.4 is 9.62 Å². The number of aryl methyl sites for hydroxylation is 1. The third-order valence-corrected chi connectivity index (χ3v) is 8.06. The zero-order chi connectivity index (χ0) is 30.4. The third-order valence-electron chi connectivity index (χ3n) is 6.74. The Balaban J connectivity index is 0.000000587. The van der Waals surface area contributed by atoms with Crippen LogP contribution in [0.1, 0.15) is 36.9 Å². The molecule has 2 N–H and O–H groups in total. The van der Waals surface area contributed by atoms with Gasteiger partial charge in [0.25, 0.3) is 10.0 Å². The number of likely N-dealkylation sites (tertiary alicyclic amines) is 1. The standard InChI is InChI=1S/C25H30FN5O2S.C2HF3O2/c1-18-16-22(34(32,33)29-24-11-7-10-23(26)28-24)17-27-25(18)30(3)21-12-14-31(15-13-21)19(2)20-8-5-4-6-9-20;3-2(4,5)1(6)7/h4-11,16-17,19,21H,12-15H2,1-3H3,(H,28,29);(H,6,7). The fourth-order valence-corrected chi connectivity index (χ4v) is 5.53. The fraction of sp³-hybridized carbons (Fsp3) is 0.370. The van der Waals surface area contributed by atoms with Crippen LogP contribution in [0.2, 0.25) is 0 Å². The van der Waals surface area contributed by atoms with E-state index >= 15 is 0 Å². The lowest BCUT2D eigenvalue weighted by molar-refractivity contribution is -0.192. The third kappa shape index (κ3) is 8.60. The molecule has 1 unspecified atom stereocenters. The first-order chi connectivity index (χ1) is 19.2. The quantitative estimate of drug-likeness (QED) is 0.288. The first-order valence-electron chi connectivity index (χ1n) is 12.6. The van der Waals surface area contributed by atoms with Gasteiger partial charge in [-0.1, -0.05) is 36.4 Å². The van der Waals surface area contributed by atoms with E-state index in [0.29, 0.717) is 12.1 Å². The SMILES string of the molecule is Cc1cc(S(=O)(=O)Nc2cccc(F)n2)cnc1N(C)C1CCN(C(C)c2ccccc2)CC1.O=C(O)C(F)(F)F. The van der Waals surface area contributed by atoms with Crippen LogP contribution in [0, 0.1) is 12.9 Å². The molecule has 4 rings (SSSR count). The van der Waals surface area contributed by atoms with Crippen molar-refractivity contribution in [2.45, 2.75) is 49.8 Å². The second kappa shape index (κ2) is 13.3. The maximum atomic E-state index is 13.3. The Labute approximate surface area is 235 Å². The molecule has 1 atom stereocenters. The second-order valence-electron chi connectivity index (χ2n) is 9.53. The summed E-state index contributed by atoms with van der Waals surface area (Å²) in [4.78, 5) is 21.6. The van der Waals surface area contributed by atoms with Crippen molar-refractivity contribution in [3.05, 3.63) is 77.9 Å². The number of carboxylic acids is 1. The molecule has 1 fully saturated rings. The van der Waals surface area contributed by atoms with E-state index in [4.69, 9.17) is 9.90 Å². The van der Waals surface area contributed by atoms with E-state index in [1.807, 2.05) is 20.0 Å². The lowest BCUT2D eigenvalue weighted by Crippen LogP contribution is -2.44. The molecule has 0 amide bonds. The van der Waals surface area contributed by atoms with Gasteiger partial charge in [0.1, 0.15) is 16.5 Å². The molecular formula is C27H31F4N5O4S. The predicted molar refractivity (Wildman–Crippen MR) is 146 cm³/mol. The maximum absolute atomic E-state index is 13.3. The Morgan fingerprint density at radius 2 is 1.73 bits per heavy atom. The van der Waals surface area contributed by atoms with Crippen molar-refractivity contribution in [1.82, 2.24) is 14.9 Å². The summed E-state index contributed by atoms with van der Waals surface area (Å²) in [5.74, 6) is -2.82. The Morgan fingerprint density at radius 1 is 1.12 bits per heavy atom. The number of carbonyl (C=O) groups is 1. The molecule has 9 nitrogen and oxygen atoms in total. The summed E-state index contributed by atoms with van der Waals surface area (Å²) in [6.07, 6.45) is -1.74. The highest BCUT2D eigenvalue weighted by atomic mass is 32.2. The molecule has 41 heavy (non-hydrogen) atoms. The largest absolute Gasteiger partial charge is 0.490 e. The molecular weight excluding hydrogens is 566 g/mol. The molecule has 0 spiro atoms. The molecule has 1 aliphatic rings. The number of carboxylic acid groups (broad SMARTS) is 1. The van der Waals surface area contributed by atoms with Gasteiger partial charge in [-0.2, -0.15) is 17.6 Å². The van der Waals surface area contributed by atoms with E-state index in [1.165, 1.54) is 23.9 Å². The van der Waals surface area contributed by atoms with Gasteiger partial charge in [0.15, 0.2) is 0 Å². The number of rotatable bonds is 7. The summed E-state index contributed by atoms with van der Waals surface area (Å²) < 4.78 is 72.8. The number of hydrogen-bond acceptors (Lipinski definition) is 7. The summed E-state index contributed by atoms with van der Waals surface area (Å²) in [6.45, 7) is 6.07. The number of aliphatic carboxylic acids is 1. The van der Waals surface area contributed by atoms with Crippen molar-refractivity contribution >= 4 is 27.6 Å². The average Bonchev–Trinajstić information content (AvgIpc) is 2.92. The first-order valence-corrected chi connectivity index (χ1v) is 14.1. The highest BCUT2D eigenvalue weighted by molar-refractivity contribution is 7.92. The Kier molecular flexibility index (Phi) is 10.3. The van der Waals surface area contributed by atoms with E-state index in [0.717, 1.165) is 43.4 Å². The number of benzene rings is 1. The molecule has 0 radical (unpaired) electrons. The minimum Gasteiger partial charge on any atom is -0.475 e. The zero-order valence-corrected chi connectivity index (χ0v) is 23.5. The molecule has 0 saturated carbocycles. The maximum Gasteiger partial charge on any atom is 0.490 e. The first kappa shape index (κ1) is 31.7. The topological polar surface area (TPSA) is 116 Å². The molecule has 1 saturated heterocycles. The van der Waals surface area contributed by atoms with Crippen LogP contribution in [0.15, 0.2) is 65.7 Å².